The fraction of sp³-hybridized carbons (Fsp3) is 0.500. The molecular formula is C14H18N2O4. The van der Waals surface area contributed by atoms with Gasteiger partial charge in [0.15, 0.2) is 11.5 Å². The minimum atomic E-state index is -0.121. The van der Waals surface area contributed by atoms with Gasteiger partial charge in [-0.15, -0.1) is 0 Å². The summed E-state index contributed by atoms with van der Waals surface area (Å²) in [5.41, 5.74) is 6.95. The minimum absolute atomic E-state index is 0.00904. The molecule has 108 valence electrons. The van der Waals surface area contributed by atoms with Crippen LogP contribution >= 0.6 is 0 Å². The molecule has 0 spiro atoms. The van der Waals surface area contributed by atoms with Crippen LogP contribution in [0, 0.1) is 5.92 Å². The van der Waals surface area contributed by atoms with E-state index in [1.807, 2.05) is 6.92 Å². The van der Waals surface area contributed by atoms with Crippen molar-refractivity contribution in [3.63, 3.8) is 0 Å². The summed E-state index contributed by atoms with van der Waals surface area (Å²) in [6, 6.07) is 3.37. The molecule has 20 heavy (non-hydrogen) atoms. The van der Waals surface area contributed by atoms with Crippen molar-refractivity contribution in [1.82, 2.24) is 0 Å². The van der Waals surface area contributed by atoms with Crippen LogP contribution in [0.15, 0.2) is 12.1 Å². The average Bonchev–Trinajstić information content (AvgIpc) is 3.06. The third-order valence-corrected chi connectivity index (χ3v) is 3.75. The van der Waals surface area contributed by atoms with Gasteiger partial charge in [-0.05, 0) is 12.8 Å². The lowest BCUT2D eigenvalue weighted by Crippen LogP contribution is -2.29. The number of nitrogens with two attached hydrogens (primary N) is 1. The van der Waals surface area contributed by atoms with Crippen LogP contribution in [0.25, 0.3) is 0 Å². The Kier molecular flexibility index (Phi) is 3.40. The molecule has 1 saturated heterocycles. The monoisotopic (exact) mass is 278 g/mol. The number of ether oxygens (including phenoxy) is 3. The molecule has 0 aliphatic carbocycles. The fourth-order valence-corrected chi connectivity index (χ4v) is 2.64. The minimum Gasteiger partial charge on any atom is -0.454 e. The molecule has 1 fully saturated rings. The predicted molar refractivity (Wildman–Crippen MR) is 73.7 cm³/mol. The summed E-state index contributed by atoms with van der Waals surface area (Å²) >= 11 is 0. The molecule has 1 amide bonds. The standard InChI is InChI=1S/C14H18N2O4/c1-2-11-8(3-4-18-11)14(17)16-10-6-13-12(5-9(10)15)19-7-20-13/h5-6,8,11H,2-4,7,15H2,1H3,(H,16,17). The van der Waals surface area contributed by atoms with E-state index in [2.05, 4.69) is 5.32 Å². The Morgan fingerprint density at radius 2 is 2.15 bits per heavy atom. The molecule has 2 unspecified atom stereocenters. The van der Waals surface area contributed by atoms with Gasteiger partial charge in [0, 0.05) is 18.7 Å². The zero-order chi connectivity index (χ0) is 14.1. The first-order valence-corrected chi connectivity index (χ1v) is 6.80. The second-order valence-electron chi connectivity index (χ2n) is 4.99. The molecule has 3 N–H and O–H groups in total. The van der Waals surface area contributed by atoms with Crippen LogP contribution < -0.4 is 20.5 Å². The zero-order valence-electron chi connectivity index (χ0n) is 11.3. The van der Waals surface area contributed by atoms with Gasteiger partial charge < -0.3 is 25.3 Å². The number of anilines is 2. The first-order chi connectivity index (χ1) is 9.69. The lowest BCUT2D eigenvalue weighted by molar-refractivity contribution is -0.121. The summed E-state index contributed by atoms with van der Waals surface area (Å²) in [6.07, 6.45) is 1.56. The van der Waals surface area contributed by atoms with E-state index < -0.39 is 0 Å². The molecule has 2 aliphatic rings. The van der Waals surface area contributed by atoms with Gasteiger partial charge in [0.1, 0.15) is 0 Å². The Labute approximate surface area is 117 Å². The molecule has 2 aliphatic heterocycles. The second kappa shape index (κ2) is 5.20. The summed E-state index contributed by atoms with van der Waals surface area (Å²) in [7, 11) is 0. The molecule has 2 atom stereocenters. The Morgan fingerprint density at radius 1 is 1.40 bits per heavy atom. The molecule has 3 rings (SSSR count). The van der Waals surface area contributed by atoms with Crippen molar-refractivity contribution in [1.29, 1.82) is 0 Å². The predicted octanol–water partition coefficient (Wildman–Crippen LogP) is 1.75. The van der Waals surface area contributed by atoms with Gasteiger partial charge in [-0.1, -0.05) is 6.92 Å². The molecule has 6 heteroatoms. The molecule has 1 aromatic rings. The number of carbonyl (C=O) groups is 1. The molecule has 0 saturated carbocycles. The molecular weight excluding hydrogens is 260 g/mol. The normalized spacial score (nSPS) is 23.9. The number of amides is 1. The van der Waals surface area contributed by atoms with Crippen LogP contribution in [0.3, 0.4) is 0 Å². The summed E-state index contributed by atoms with van der Waals surface area (Å²) in [5, 5.41) is 2.87. The smallest absolute Gasteiger partial charge is 0.231 e. The van der Waals surface area contributed by atoms with E-state index in [1.165, 1.54) is 0 Å². The lowest BCUT2D eigenvalue weighted by Gasteiger charge is -2.17. The van der Waals surface area contributed by atoms with Crippen LogP contribution in [0.1, 0.15) is 19.8 Å². The van der Waals surface area contributed by atoms with Gasteiger partial charge in [-0.2, -0.15) is 0 Å². The Morgan fingerprint density at radius 3 is 2.90 bits per heavy atom. The Hall–Kier alpha value is -1.95. The van der Waals surface area contributed by atoms with Crippen LogP contribution in [-0.4, -0.2) is 25.4 Å². The number of benzene rings is 1. The first-order valence-electron chi connectivity index (χ1n) is 6.80. The van der Waals surface area contributed by atoms with E-state index in [0.717, 1.165) is 12.8 Å². The van der Waals surface area contributed by atoms with Crippen molar-refractivity contribution in [3.8, 4) is 11.5 Å². The van der Waals surface area contributed by atoms with E-state index in [-0.39, 0.29) is 24.7 Å². The number of hydrogen-bond acceptors (Lipinski definition) is 5. The van der Waals surface area contributed by atoms with Gasteiger partial charge in [0.25, 0.3) is 0 Å². The molecule has 2 heterocycles. The van der Waals surface area contributed by atoms with Gasteiger partial charge in [0.2, 0.25) is 12.7 Å². The number of nitrogens with one attached hydrogen (secondary N) is 1. The van der Waals surface area contributed by atoms with E-state index in [1.54, 1.807) is 12.1 Å². The quantitative estimate of drug-likeness (QED) is 0.823. The van der Waals surface area contributed by atoms with Crippen LogP contribution in [0.2, 0.25) is 0 Å². The summed E-state index contributed by atoms with van der Waals surface area (Å²) < 4.78 is 16.1. The van der Waals surface area contributed by atoms with Crippen LogP contribution in [-0.2, 0) is 9.53 Å². The van der Waals surface area contributed by atoms with Crippen molar-refractivity contribution in [2.75, 3.05) is 24.5 Å². The maximum absolute atomic E-state index is 12.3. The largest absolute Gasteiger partial charge is 0.454 e. The topological polar surface area (TPSA) is 82.8 Å². The van der Waals surface area contributed by atoms with E-state index in [9.17, 15) is 4.79 Å². The molecule has 0 bridgehead atoms. The van der Waals surface area contributed by atoms with Crippen LogP contribution in [0.5, 0.6) is 11.5 Å². The highest BCUT2D eigenvalue weighted by Gasteiger charge is 2.33. The maximum Gasteiger partial charge on any atom is 0.231 e. The van der Waals surface area contributed by atoms with Crippen molar-refractivity contribution < 1.29 is 19.0 Å². The van der Waals surface area contributed by atoms with Gasteiger partial charge in [-0.25, -0.2) is 0 Å². The summed E-state index contributed by atoms with van der Waals surface area (Å²) in [5.74, 6) is 1.03. The highest BCUT2D eigenvalue weighted by molar-refractivity contribution is 5.96. The number of hydrogen-bond donors (Lipinski definition) is 2. The highest BCUT2D eigenvalue weighted by atomic mass is 16.7. The number of rotatable bonds is 3. The maximum atomic E-state index is 12.3. The molecule has 0 aromatic heterocycles. The van der Waals surface area contributed by atoms with Gasteiger partial charge >= 0.3 is 0 Å². The first kappa shape index (κ1) is 13.1. The number of fused-ring (bicyclic) bond motifs is 1. The zero-order valence-corrected chi connectivity index (χ0v) is 11.3. The van der Waals surface area contributed by atoms with Crippen LogP contribution in [0.4, 0.5) is 11.4 Å². The molecule has 6 nitrogen and oxygen atoms in total. The van der Waals surface area contributed by atoms with E-state index in [4.69, 9.17) is 19.9 Å². The summed E-state index contributed by atoms with van der Waals surface area (Å²) in [4.78, 5) is 12.3. The highest BCUT2D eigenvalue weighted by Crippen LogP contribution is 2.38. The van der Waals surface area contributed by atoms with Gasteiger partial charge in [0.05, 0.1) is 23.4 Å². The van der Waals surface area contributed by atoms with Gasteiger partial charge in [-0.3, -0.25) is 4.79 Å². The second-order valence-corrected chi connectivity index (χ2v) is 4.99. The molecule has 1 aromatic carbocycles. The summed E-state index contributed by atoms with van der Waals surface area (Å²) in [6.45, 7) is 2.83. The SMILES string of the molecule is CCC1OCCC1C(=O)Nc1cc2c(cc1N)OCO2. The number of nitrogen functional groups attached to an aromatic ring is 1. The lowest BCUT2D eigenvalue weighted by atomic mass is 9.98. The van der Waals surface area contributed by atoms with Crippen molar-refractivity contribution >= 4 is 17.3 Å². The Balaban J connectivity index is 1.76. The van der Waals surface area contributed by atoms with Crippen molar-refractivity contribution in [2.45, 2.75) is 25.9 Å². The van der Waals surface area contributed by atoms with E-state index >= 15 is 0 Å². The van der Waals surface area contributed by atoms with E-state index in [0.29, 0.717) is 29.5 Å². The van der Waals surface area contributed by atoms with Crippen molar-refractivity contribution in [3.05, 3.63) is 12.1 Å². The fourth-order valence-electron chi connectivity index (χ4n) is 2.64. The molecule has 0 radical (unpaired) electrons. The number of carbonyl (C=O) groups excluding carboxylic acids is 1. The third kappa shape index (κ3) is 2.27. The van der Waals surface area contributed by atoms with Crippen molar-refractivity contribution in [2.24, 2.45) is 5.92 Å². The average molecular weight is 278 g/mol. The third-order valence-electron chi connectivity index (χ3n) is 3.75. The Bertz CT molecular complexity index is 532.